The predicted octanol–water partition coefficient (Wildman–Crippen LogP) is 1.90. The number of nitrogens with zero attached hydrogens (tertiary/aromatic N) is 1. The number of hydrogen-bond donors (Lipinski definition) is 0. The number of methoxy groups -OCH3 is 2. The molecule has 0 radical (unpaired) electrons. The number of hydrogen-bond acceptors (Lipinski definition) is 4. The third-order valence-electron chi connectivity index (χ3n) is 3.43. The highest BCUT2D eigenvalue weighted by Gasteiger charge is 2.21. The highest BCUT2D eigenvalue weighted by atomic mass is 16.5. The molecule has 1 rings (SSSR count). The third kappa shape index (κ3) is 6.26. The summed E-state index contributed by atoms with van der Waals surface area (Å²) >= 11 is 0. The van der Waals surface area contributed by atoms with Gasteiger partial charge in [0, 0.05) is 26.8 Å². The van der Waals surface area contributed by atoms with Crippen molar-refractivity contribution in [3.8, 4) is 0 Å². The average Bonchev–Trinajstić information content (AvgIpc) is 2.54. The summed E-state index contributed by atoms with van der Waals surface area (Å²) in [6.45, 7) is 3.29. The number of rotatable bonds is 9. The van der Waals surface area contributed by atoms with Crippen molar-refractivity contribution >= 4 is 11.9 Å². The molecule has 0 saturated heterocycles. The van der Waals surface area contributed by atoms with Crippen molar-refractivity contribution in [1.29, 1.82) is 0 Å². The Labute approximate surface area is 132 Å². The van der Waals surface area contributed by atoms with Crippen LogP contribution in [0.25, 0.3) is 0 Å². The Morgan fingerprint density at radius 2 is 1.86 bits per heavy atom. The third-order valence-corrected chi connectivity index (χ3v) is 3.43. The van der Waals surface area contributed by atoms with E-state index in [1.54, 1.807) is 18.9 Å². The lowest BCUT2D eigenvalue weighted by molar-refractivity contribution is -0.146. The van der Waals surface area contributed by atoms with Gasteiger partial charge in [0.2, 0.25) is 5.91 Å². The van der Waals surface area contributed by atoms with Gasteiger partial charge in [-0.15, -0.1) is 0 Å². The predicted molar refractivity (Wildman–Crippen MR) is 84.4 cm³/mol. The maximum atomic E-state index is 12.5. The fraction of sp³-hybridized carbons (Fsp3) is 0.529. The molecule has 0 aliphatic heterocycles. The lowest BCUT2D eigenvalue weighted by Crippen LogP contribution is -2.39. The quantitative estimate of drug-likeness (QED) is 0.516. The minimum absolute atomic E-state index is 0.0121. The van der Waals surface area contributed by atoms with Crippen molar-refractivity contribution in [2.24, 2.45) is 5.92 Å². The molecule has 22 heavy (non-hydrogen) atoms. The Kier molecular flexibility index (Phi) is 8.22. The van der Waals surface area contributed by atoms with Crippen molar-refractivity contribution < 1.29 is 19.1 Å². The summed E-state index contributed by atoms with van der Waals surface area (Å²) in [6, 6.07) is 9.59. The van der Waals surface area contributed by atoms with Crippen molar-refractivity contribution in [2.75, 3.05) is 33.9 Å². The van der Waals surface area contributed by atoms with Crippen LogP contribution in [0.4, 0.5) is 0 Å². The maximum absolute atomic E-state index is 12.5. The fourth-order valence-corrected chi connectivity index (χ4v) is 2.21. The van der Waals surface area contributed by atoms with E-state index >= 15 is 0 Å². The molecule has 0 aliphatic rings. The van der Waals surface area contributed by atoms with Crippen LogP contribution in [-0.2, 0) is 25.5 Å². The first-order chi connectivity index (χ1) is 10.6. The molecular formula is C17H25NO4. The van der Waals surface area contributed by atoms with E-state index in [0.29, 0.717) is 26.1 Å². The number of ether oxygens (including phenoxy) is 2. The van der Waals surface area contributed by atoms with Gasteiger partial charge in [-0.2, -0.15) is 0 Å². The molecule has 1 unspecified atom stereocenters. The number of amides is 1. The molecule has 5 heteroatoms. The Morgan fingerprint density at radius 3 is 2.45 bits per heavy atom. The number of benzene rings is 1. The summed E-state index contributed by atoms with van der Waals surface area (Å²) in [7, 11) is 2.99. The van der Waals surface area contributed by atoms with Gasteiger partial charge >= 0.3 is 5.97 Å². The van der Waals surface area contributed by atoms with Crippen molar-refractivity contribution in [3.63, 3.8) is 0 Å². The second-order valence-electron chi connectivity index (χ2n) is 5.27. The van der Waals surface area contributed by atoms with Gasteiger partial charge in [-0.1, -0.05) is 37.3 Å². The molecule has 0 saturated carbocycles. The van der Waals surface area contributed by atoms with Gasteiger partial charge < -0.3 is 14.4 Å². The van der Waals surface area contributed by atoms with E-state index in [1.165, 1.54) is 7.11 Å². The van der Waals surface area contributed by atoms with Gasteiger partial charge in [0.1, 0.15) is 0 Å². The molecule has 0 aromatic heterocycles. The van der Waals surface area contributed by atoms with Crippen LogP contribution in [0, 0.1) is 5.92 Å². The van der Waals surface area contributed by atoms with Crippen LogP contribution in [0.1, 0.15) is 18.9 Å². The molecule has 0 heterocycles. The molecule has 0 bridgehead atoms. The molecular weight excluding hydrogens is 282 g/mol. The molecule has 1 aromatic rings. The van der Waals surface area contributed by atoms with Crippen LogP contribution in [0.3, 0.4) is 0 Å². The Bertz CT molecular complexity index is 461. The zero-order valence-electron chi connectivity index (χ0n) is 13.6. The van der Waals surface area contributed by atoms with Crippen LogP contribution < -0.4 is 0 Å². The topological polar surface area (TPSA) is 55.8 Å². The first-order valence-corrected chi connectivity index (χ1v) is 7.47. The van der Waals surface area contributed by atoms with E-state index in [2.05, 4.69) is 0 Å². The molecule has 0 spiro atoms. The highest BCUT2D eigenvalue weighted by Crippen LogP contribution is 2.08. The van der Waals surface area contributed by atoms with Crippen LogP contribution in [0.5, 0.6) is 0 Å². The van der Waals surface area contributed by atoms with Gasteiger partial charge in [0.15, 0.2) is 0 Å². The normalized spacial score (nSPS) is 11.8. The minimum Gasteiger partial charge on any atom is -0.469 e. The van der Waals surface area contributed by atoms with E-state index in [9.17, 15) is 9.59 Å². The molecule has 0 fully saturated rings. The van der Waals surface area contributed by atoms with Crippen molar-refractivity contribution in [1.82, 2.24) is 4.90 Å². The number of carbonyl (C=O) groups excluding carboxylic acids is 2. The molecule has 1 amide bonds. The number of carbonyl (C=O) groups is 2. The average molecular weight is 307 g/mol. The van der Waals surface area contributed by atoms with Gasteiger partial charge in [0.05, 0.1) is 19.4 Å². The van der Waals surface area contributed by atoms with Crippen LogP contribution >= 0.6 is 0 Å². The monoisotopic (exact) mass is 307 g/mol. The van der Waals surface area contributed by atoms with E-state index in [0.717, 1.165) is 12.0 Å². The summed E-state index contributed by atoms with van der Waals surface area (Å²) in [4.78, 5) is 25.8. The first kappa shape index (κ1) is 18.2. The molecule has 122 valence electrons. The fourth-order valence-electron chi connectivity index (χ4n) is 2.21. The van der Waals surface area contributed by atoms with Crippen LogP contribution in [0.15, 0.2) is 30.3 Å². The lowest BCUT2D eigenvalue weighted by Gasteiger charge is -2.25. The smallest absolute Gasteiger partial charge is 0.310 e. The second kappa shape index (κ2) is 9.95. The minimum atomic E-state index is -0.340. The summed E-state index contributed by atoms with van der Waals surface area (Å²) in [5.41, 5.74) is 0.968. The largest absolute Gasteiger partial charge is 0.469 e. The molecule has 0 aliphatic carbocycles. The summed E-state index contributed by atoms with van der Waals surface area (Å²) in [6.07, 6.45) is 1.08. The maximum Gasteiger partial charge on any atom is 0.310 e. The molecule has 5 nitrogen and oxygen atoms in total. The summed E-state index contributed by atoms with van der Waals surface area (Å²) in [5, 5.41) is 0. The highest BCUT2D eigenvalue weighted by molar-refractivity contribution is 5.80. The Hall–Kier alpha value is -1.88. The van der Waals surface area contributed by atoms with Gasteiger partial charge in [0.25, 0.3) is 0 Å². The zero-order chi connectivity index (χ0) is 16.4. The van der Waals surface area contributed by atoms with Gasteiger partial charge in [-0.05, 0) is 12.0 Å². The van der Waals surface area contributed by atoms with E-state index in [1.807, 2.05) is 30.3 Å². The van der Waals surface area contributed by atoms with Crippen LogP contribution in [-0.4, -0.2) is 50.7 Å². The van der Waals surface area contributed by atoms with Gasteiger partial charge in [-0.3, -0.25) is 9.59 Å². The van der Waals surface area contributed by atoms with Gasteiger partial charge in [-0.25, -0.2) is 0 Å². The standard InChI is InChI=1S/C17H25NO4/c1-14(17(20)22-3)13-18(10-7-11-21-2)16(19)12-15-8-5-4-6-9-15/h4-6,8-9,14H,7,10-13H2,1-3H3. The second-order valence-corrected chi connectivity index (χ2v) is 5.27. The Morgan fingerprint density at radius 1 is 1.18 bits per heavy atom. The lowest BCUT2D eigenvalue weighted by atomic mass is 10.1. The van der Waals surface area contributed by atoms with E-state index < -0.39 is 0 Å². The van der Waals surface area contributed by atoms with Crippen molar-refractivity contribution in [2.45, 2.75) is 19.8 Å². The molecule has 1 aromatic carbocycles. The first-order valence-electron chi connectivity index (χ1n) is 7.47. The summed E-state index contributed by atoms with van der Waals surface area (Å²) in [5.74, 6) is -0.630. The molecule has 0 N–H and O–H groups in total. The number of esters is 1. The van der Waals surface area contributed by atoms with Crippen LogP contribution in [0.2, 0.25) is 0 Å². The van der Waals surface area contributed by atoms with E-state index in [4.69, 9.17) is 9.47 Å². The van der Waals surface area contributed by atoms with E-state index in [-0.39, 0.29) is 17.8 Å². The Balaban J connectivity index is 2.66. The summed E-state index contributed by atoms with van der Waals surface area (Å²) < 4.78 is 9.77. The van der Waals surface area contributed by atoms with Crippen molar-refractivity contribution in [3.05, 3.63) is 35.9 Å². The zero-order valence-corrected chi connectivity index (χ0v) is 13.6. The molecule has 1 atom stereocenters. The SMILES string of the molecule is COCCCN(CC(C)C(=O)OC)C(=O)Cc1ccccc1.